The van der Waals surface area contributed by atoms with Crippen molar-refractivity contribution in [3.8, 4) is 17.2 Å². The molecule has 186 valence electrons. The van der Waals surface area contributed by atoms with E-state index < -0.39 is 17.9 Å². The molecule has 0 fully saturated rings. The number of anilines is 1. The van der Waals surface area contributed by atoms with Crippen molar-refractivity contribution < 1.29 is 28.9 Å². The number of amides is 2. The standard InChI is InChI=1S/C25H35N3O6/c1-15(2)26-13-18(29)14-34-19-9-7-17(8-10-19)28-25(31)21-12-23(33-6)22(32-5)11-20(21)24(30)27-16(3)4/h7-12,15-16,18,26,29H,13-14H2,1-6H3,(H,27,30)(H,28,31). The summed E-state index contributed by atoms with van der Waals surface area (Å²) in [5, 5.41) is 18.7. The minimum atomic E-state index is -0.637. The number of carbonyl (C=O) groups is 2. The Hall–Kier alpha value is -3.30. The summed E-state index contributed by atoms with van der Waals surface area (Å²) in [4.78, 5) is 25.8. The lowest BCUT2D eigenvalue weighted by molar-refractivity contribution is 0.0930. The number of aliphatic hydroxyl groups excluding tert-OH is 1. The van der Waals surface area contributed by atoms with E-state index in [0.29, 0.717) is 29.5 Å². The number of rotatable bonds is 12. The van der Waals surface area contributed by atoms with Crippen LogP contribution in [0.4, 0.5) is 5.69 Å². The molecule has 0 spiro atoms. The van der Waals surface area contributed by atoms with E-state index in [-0.39, 0.29) is 29.8 Å². The van der Waals surface area contributed by atoms with Crippen LogP contribution in [0.25, 0.3) is 0 Å². The molecule has 0 aliphatic heterocycles. The van der Waals surface area contributed by atoms with E-state index in [1.54, 1.807) is 24.3 Å². The monoisotopic (exact) mass is 473 g/mol. The second-order valence-corrected chi connectivity index (χ2v) is 8.39. The van der Waals surface area contributed by atoms with Crippen LogP contribution in [0.5, 0.6) is 17.2 Å². The lowest BCUT2D eigenvalue weighted by Crippen LogP contribution is -2.35. The molecule has 0 saturated heterocycles. The Bertz CT molecular complexity index is 960. The van der Waals surface area contributed by atoms with Gasteiger partial charge in [-0.25, -0.2) is 0 Å². The molecule has 0 aromatic heterocycles. The van der Waals surface area contributed by atoms with Gasteiger partial charge in [-0.3, -0.25) is 9.59 Å². The number of methoxy groups -OCH3 is 2. The van der Waals surface area contributed by atoms with Gasteiger partial charge in [0.2, 0.25) is 0 Å². The van der Waals surface area contributed by atoms with Gasteiger partial charge in [0.05, 0.1) is 25.3 Å². The molecule has 1 unspecified atom stereocenters. The van der Waals surface area contributed by atoms with Crippen molar-refractivity contribution in [3.63, 3.8) is 0 Å². The summed E-state index contributed by atoms with van der Waals surface area (Å²) in [6, 6.07) is 9.89. The van der Waals surface area contributed by atoms with Crippen LogP contribution in [-0.4, -0.2) is 62.5 Å². The van der Waals surface area contributed by atoms with Crippen LogP contribution in [-0.2, 0) is 0 Å². The van der Waals surface area contributed by atoms with Crippen molar-refractivity contribution in [2.24, 2.45) is 0 Å². The smallest absolute Gasteiger partial charge is 0.256 e. The highest BCUT2D eigenvalue weighted by Gasteiger charge is 2.22. The summed E-state index contributed by atoms with van der Waals surface area (Å²) < 4.78 is 16.2. The van der Waals surface area contributed by atoms with Crippen molar-refractivity contribution in [2.45, 2.75) is 45.9 Å². The third-order valence-corrected chi connectivity index (χ3v) is 4.75. The molecule has 2 amide bonds. The van der Waals surface area contributed by atoms with Gasteiger partial charge in [-0.2, -0.15) is 0 Å². The van der Waals surface area contributed by atoms with Crippen LogP contribution in [0.1, 0.15) is 48.4 Å². The van der Waals surface area contributed by atoms with Crippen LogP contribution in [0, 0.1) is 0 Å². The summed E-state index contributed by atoms with van der Waals surface area (Å²) in [5.41, 5.74) is 0.842. The third kappa shape index (κ3) is 7.93. The summed E-state index contributed by atoms with van der Waals surface area (Å²) in [5.74, 6) is 0.377. The molecule has 9 nitrogen and oxygen atoms in total. The van der Waals surface area contributed by atoms with Gasteiger partial charge in [0.1, 0.15) is 18.5 Å². The van der Waals surface area contributed by atoms with E-state index >= 15 is 0 Å². The molecular weight excluding hydrogens is 438 g/mol. The van der Waals surface area contributed by atoms with Gasteiger partial charge in [-0.15, -0.1) is 0 Å². The zero-order valence-corrected chi connectivity index (χ0v) is 20.6. The number of aliphatic hydroxyl groups is 1. The first-order chi connectivity index (χ1) is 16.1. The zero-order valence-electron chi connectivity index (χ0n) is 20.6. The minimum Gasteiger partial charge on any atom is -0.493 e. The van der Waals surface area contributed by atoms with Crippen LogP contribution in [0.2, 0.25) is 0 Å². The molecule has 0 aliphatic rings. The van der Waals surface area contributed by atoms with E-state index in [1.165, 1.54) is 26.4 Å². The molecule has 2 aromatic carbocycles. The van der Waals surface area contributed by atoms with Crippen molar-refractivity contribution >= 4 is 17.5 Å². The molecule has 34 heavy (non-hydrogen) atoms. The molecule has 4 N–H and O–H groups in total. The Balaban J connectivity index is 2.14. The Labute approximate surface area is 200 Å². The lowest BCUT2D eigenvalue weighted by Gasteiger charge is -2.16. The number of carbonyl (C=O) groups excluding carboxylic acids is 2. The normalized spacial score (nSPS) is 11.8. The van der Waals surface area contributed by atoms with Gasteiger partial charge in [-0.05, 0) is 50.2 Å². The molecular formula is C25H35N3O6. The zero-order chi connectivity index (χ0) is 25.3. The highest BCUT2D eigenvalue weighted by Crippen LogP contribution is 2.31. The fourth-order valence-electron chi connectivity index (χ4n) is 3.05. The molecule has 0 heterocycles. The minimum absolute atomic E-state index is 0.108. The fourth-order valence-corrected chi connectivity index (χ4v) is 3.05. The molecule has 1 atom stereocenters. The number of hydrogen-bond donors (Lipinski definition) is 4. The van der Waals surface area contributed by atoms with Gasteiger partial charge < -0.3 is 35.3 Å². The van der Waals surface area contributed by atoms with E-state index in [9.17, 15) is 14.7 Å². The molecule has 2 rings (SSSR count). The third-order valence-electron chi connectivity index (χ3n) is 4.75. The van der Waals surface area contributed by atoms with Crippen LogP contribution >= 0.6 is 0 Å². The van der Waals surface area contributed by atoms with Crippen molar-refractivity contribution in [3.05, 3.63) is 47.5 Å². The SMILES string of the molecule is COc1cc(C(=O)Nc2ccc(OCC(O)CNC(C)C)cc2)c(C(=O)NC(C)C)cc1OC. The van der Waals surface area contributed by atoms with Gasteiger partial charge in [0, 0.05) is 24.3 Å². The molecule has 0 bridgehead atoms. The Morgan fingerprint density at radius 2 is 1.44 bits per heavy atom. The fraction of sp³-hybridized carbons (Fsp3) is 0.440. The predicted octanol–water partition coefficient (Wildman–Crippen LogP) is 2.83. The Morgan fingerprint density at radius 3 is 1.94 bits per heavy atom. The van der Waals surface area contributed by atoms with Crippen molar-refractivity contribution in [1.82, 2.24) is 10.6 Å². The average molecular weight is 474 g/mol. The van der Waals surface area contributed by atoms with Crippen LogP contribution in [0.15, 0.2) is 36.4 Å². The summed E-state index contributed by atoms with van der Waals surface area (Å²) in [6.45, 7) is 8.25. The Morgan fingerprint density at radius 1 is 0.882 bits per heavy atom. The first-order valence-electron chi connectivity index (χ1n) is 11.2. The maximum Gasteiger partial charge on any atom is 0.256 e. The van der Waals surface area contributed by atoms with E-state index in [0.717, 1.165) is 0 Å². The average Bonchev–Trinajstić information content (AvgIpc) is 2.80. The molecule has 2 aromatic rings. The highest BCUT2D eigenvalue weighted by atomic mass is 16.5. The number of nitrogens with one attached hydrogen (secondary N) is 3. The van der Waals surface area contributed by atoms with E-state index in [2.05, 4.69) is 16.0 Å². The molecule has 9 heteroatoms. The first kappa shape index (κ1) is 26.9. The topological polar surface area (TPSA) is 118 Å². The molecule has 0 saturated carbocycles. The maximum atomic E-state index is 13.1. The van der Waals surface area contributed by atoms with Crippen molar-refractivity contribution in [1.29, 1.82) is 0 Å². The van der Waals surface area contributed by atoms with E-state index in [1.807, 2.05) is 27.7 Å². The van der Waals surface area contributed by atoms with Gasteiger partial charge in [0.25, 0.3) is 11.8 Å². The number of ether oxygens (including phenoxy) is 3. The van der Waals surface area contributed by atoms with Gasteiger partial charge in [-0.1, -0.05) is 13.8 Å². The largest absolute Gasteiger partial charge is 0.493 e. The number of benzene rings is 2. The van der Waals surface area contributed by atoms with E-state index in [4.69, 9.17) is 14.2 Å². The lowest BCUT2D eigenvalue weighted by atomic mass is 10.0. The van der Waals surface area contributed by atoms with Gasteiger partial charge >= 0.3 is 0 Å². The molecule has 0 radical (unpaired) electrons. The van der Waals surface area contributed by atoms with Crippen molar-refractivity contribution in [2.75, 3.05) is 32.7 Å². The summed E-state index contributed by atoms with van der Waals surface area (Å²) in [6.07, 6.45) is -0.637. The molecule has 0 aliphatic carbocycles. The van der Waals surface area contributed by atoms with Crippen LogP contribution < -0.4 is 30.2 Å². The Kier molecular flexibility index (Phi) is 10.2. The second-order valence-electron chi connectivity index (χ2n) is 8.39. The quantitative estimate of drug-likeness (QED) is 0.374. The van der Waals surface area contributed by atoms with Crippen LogP contribution in [0.3, 0.4) is 0 Å². The highest BCUT2D eigenvalue weighted by molar-refractivity contribution is 6.12. The predicted molar refractivity (Wildman–Crippen MR) is 131 cm³/mol. The summed E-state index contributed by atoms with van der Waals surface area (Å²) >= 11 is 0. The maximum absolute atomic E-state index is 13.1. The van der Waals surface area contributed by atoms with Gasteiger partial charge in [0.15, 0.2) is 11.5 Å². The summed E-state index contributed by atoms with van der Waals surface area (Å²) in [7, 11) is 2.92. The first-order valence-corrected chi connectivity index (χ1v) is 11.2. The second kappa shape index (κ2) is 12.8. The number of hydrogen-bond acceptors (Lipinski definition) is 7.